The molecule has 2 aromatic rings. The van der Waals surface area contributed by atoms with Crippen LogP contribution in [0.2, 0.25) is 0 Å². The Morgan fingerprint density at radius 3 is 2.39 bits per heavy atom. The van der Waals surface area contributed by atoms with Crippen LogP contribution in [0.4, 0.5) is 4.79 Å². The number of ether oxygens (including phenoxy) is 4. The minimum atomic E-state index is -0.974. The highest BCUT2D eigenvalue weighted by atomic mass is 16.6. The van der Waals surface area contributed by atoms with Crippen molar-refractivity contribution in [2.45, 2.75) is 71.3 Å². The van der Waals surface area contributed by atoms with E-state index in [1.54, 1.807) is 24.0 Å². The zero-order valence-electron chi connectivity index (χ0n) is 21.9. The van der Waals surface area contributed by atoms with Crippen LogP contribution in [0.1, 0.15) is 58.7 Å². The Morgan fingerprint density at radius 2 is 1.75 bits per heavy atom. The molecule has 2 aromatic carbocycles. The molecule has 3 rings (SSSR count). The summed E-state index contributed by atoms with van der Waals surface area (Å²) in [5, 5.41) is 11.3. The van der Waals surface area contributed by atoms with Gasteiger partial charge in [-0.1, -0.05) is 30.3 Å². The fourth-order valence-electron chi connectivity index (χ4n) is 4.06. The van der Waals surface area contributed by atoms with Crippen molar-refractivity contribution >= 4 is 12.1 Å². The topological polar surface area (TPSA) is 94.5 Å². The van der Waals surface area contributed by atoms with Crippen molar-refractivity contribution in [3.8, 4) is 11.5 Å². The Balaban J connectivity index is 1.81. The van der Waals surface area contributed by atoms with Crippen molar-refractivity contribution in [2.24, 2.45) is 0 Å². The van der Waals surface area contributed by atoms with Crippen LogP contribution in [0.5, 0.6) is 11.5 Å². The predicted molar refractivity (Wildman–Crippen MR) is 135 cm³/mol. The van der Waals surface area contributed by atoms with E-state index in [1.165, 1.54) is 0 Å². The number of benzene rings is 2. The van der Waals surface area contributed by atoms with Gasteiger partial charge in [0, 0.05) is 12.1 Å². The van der Waals surface area contributed by atoms with Crippen LogP contribution in [0.3, 0.4) is 0 Å². The van der Waals surface area contributed by atoms with Crippen LogP contribution in [0, 0.1) is 0 Å². The molecule has 196 valence electrons. The number of aliphatic hydroxyl groups is 1. The second kappa shape index (κ2) is 11.2. The fraction of sp³-hybridized carbons (Fsp3) is 0.500. The van der Waals surface area contributed by atoms with Crippen molar-refractivity contribution in [3.05, 3.63) is 59.7 Å². The van der Waals surface area contributed by atoms with Crippen LogP contribution >= 0.6 is 0 Å². The largest absolute Gasteiger partial charge is 0.485 e. The lowest BCUT2D eigenvalue weighted by molar-refractivity contribution is -0.145. The number of amides is 1. The van der Waals surface area contributed by atoms with Gasteiger partial charge in [-0.05, 0) is 71.7 Å². The molecule has 1 aliphatic heterocycles. The fourth-order valence-corrected chi connectivity index (χ4v) is 4.06. The molecule has 0 saturated heterocycles. The van der Waals surface area contributed by atoms with Crippen LogP contribution in [-0.4, -0.2) is 59.1 Å². The maximum Gasteiger partial charge on any atom is 0.410 e. The third kappa shape index (κ3) is 6.91. The lowest BCUT2D eigenvalue weighted by Crippen LogP contribution is -2.55. The van der Waals surface area contributed by atoms with Crippen LogP contribution in [-0.2, 0) is 20.7 Å². The van der Waals surface area contributed by atoms with Crippen molar-refractivity contribution in [1.82, 2.24) is 4.90 Å². The Kier molecular flexibility index (Phi) is 8.51. The molecule has 0 bridgehead atoms. The van der Waals surface area contributed by atoms with E-state index >= 15 is 0 Å². The van der Waals surface area contributed by atoms with E-state index in [4.69, 9.17) is 18.9 Å². The first-order valence-electron chi connectivity index (χ1n) is 12.2. The molecule has 0 spiro atoms. The average Bonchev–Trinajstić information content (AvgIpc) is 2.79. The van der Waals surface area contributed by atoms with Gasteiger partial charge < -0.3 is 24.1 Å². The van der Waals surface area contributed by atoms with Crippen molar-refractivity contribution in [2.75, 3.05) is 19.8 Å². The van der Waals surface area contributed by atoms with Gasteiger partial charge in [-0.15, -0.1) is 0 Å². The number of carbonyl (C=O) groups is 2. The quantitative estimate of drug-likeness (QED) is 0.527. The van der Waals surface area contributed by atoms with Crippen molar-refractivity contribution < 1.29 is 33.6 Å². The number of fused-ring (bicyclic) bond motifs is 1. The van der Waals surface area contributed by atoms with Crippen LogP contribution in [0.15, 0.2) is 48.5 Å². The summed E-state index contributed by atoms with van der Waals surface area (Å²) in [4.78, 5) is 26.5. The van der Waals surface area contributed by atoms with E-state index in [9.17, 15) is 14.7 Å². The maximum absolute atomic E-state index is 13.4. The third-order valence-corrected chi connectivity index (χ3v) is 5.81. The number of rotatable bonds is 8. The van der Waals surface area contributed by atoms with E-state index in [0.29, 0.717) is 31.1 Å². The highest BCUT2D eigenvalue weighted by Gasteiger charge is 2.47. The van der Waals surface area contributed by atoms with Gasteiger partial charge in [-0.25, -0.2) is 9.59 Å². The normalized spacial score (nSPS) is 18.4. The van der Waals surface area contributed by atoms with Crippen LogP contribution < -0.4 is 9.47 Å². The molecule has 1 aliphatic rings. The van der Waals surface area contributed by atoms with Crippen LogP contribution in [0.25, 0.3) is 0 Å². The number of nitrogens with zero attached hydrogens (tertiary/aromatic N) is 1. The molecule has 1 amide bonds. The van der Waals surface area contributed by atoms with Crippen molar-refractivity contribution in [1.29, 1.82) is 0 Å². The summed E-state index contributed by atoms with van der Waals surface area (Å²) in [6.45, 7) is 11.3. The second-order valence-corrected chi connectivity index (χ2v) is 10.3. The summed E-state index contributed by atoms with van der Waals surface area (Å²) in [5.74, 6) is 0.758. The first-order chi connectivity index (χ1) is 16.9. The second-order valence-electron chi connectivity index (χ2n) is 10.3. The number of para-hydroxylation sites is 1. The molecule has 8 nitrogen and oxygen atoms in total. The lowest BCUT2D eigenvalue weighted by atomic mass is 9.85. The molecule has 36 heavy (non-hydrogen) atoms. The number of hydrogen-bond donors (Lipinski definition) is 1. The maximum atomic E-state index is 13.4. The third-order valence-electron chi connectivity index (χ3n) is 5.81. The van der Waals surface area contributed by atoms with Gasteiger partial charge in [0.05, 0.1) is 12.6 Å². The number of esters is 1. The molecule has 8 heteroatoms. The summed E-state index contributed by atoms with van der Waals surface area (Å²) >= 11 is 0. The predicted octanol–water partition coefficient (Wildman–Crippen LogP) is 4.68. The minimum absolute atomic E-state index is 0.156. The molecular formula is C28H37NO7. The van der Waals surface area contributed by atoms with E-state index in [1.807, 2.05) is 71.0 Å². The van der Waals surface area contributed by atoms with Gasteiger partial charge in [0.2, 0.25) is 0 Å². The number of carbonyl (C=O) groups excluding carboxylic acids is 2. The molecular weight excluding hydrogens is 462 g/mol. The van der Waals surface area contributed by atoms with Gasteiger partial charge >= 0.3 is 12.1 Å². The monoisotopic (exact) mass is 499 g/mol. The first-order valence-corrected chi connectivity index (χ1v) is 12.2. The SMILES string of the molecule is CCOC(=O)COc1ccc(CCN(C(=O)OC(C)(C)C)C2c3ccccc3OC(C)(C)C2O)cc1. The van der Waals surface area contributed by atoms with Gasteiger partial charge in [-0.2, -0.15) is 0 Å². The first kappa shape index (κ1) is 27.3. The molecule has 0 fully saturated rings. The summed E-state index contributed by atoms with van der Waals surface area (Å²) < 4.78 is 22.1. The molecule has 1 heterocycles. The molecule has 2 atom stereocenters. The molecule has 0 saturated carbocycles. The number of aliphatic hydroxyl groups excluding tert-OH is 1. The van der Waals surface area contributed by atoms with E-state index in [2.05, 4.69) is 0 Å². The summed E-state index contributed by atoms with van der Waals surface area (Å²) in [7, 11) is 0. The summed E-state index contributed by atoms with van der Waals surface area (Å²) in [6, 6.07) is 14.1. The Morgan fingerprint density at radius 1 is 1.08 bits per heavy atom. The molecule has 2 unspecified atom stereocenters. The zero-order chi connectivity index (χ0) is 26.5. The van der Waals surface area contributed by atoms with Crippen molar-refractivity contribution in [3.63, 3.8) is 0 Å². The summed E-state index contributed by atoms with van der Waals surface area (Å²) in [5.41, 5.74) is 0.0920. The lowest BCUT2D eigenvalue weighted by Gasteiger charge is -2.46. The molecule has 0 aromatic heterocycles. The van der Waals surface area contributed by atoms with E-state index < -0.39 is 35.4 Å². The van der Waals surface area contributed by atoms with E-state index in [0.717, 1.165) is 11.1 Å². The molecule has 1 N–H and O–H groups in total. The highest BCUT2D eigenvalue weighted by Crippen LogP contribution is 2.43. The highest BCUT2D eigenvalue weighted by molar-refractivity contribution is 5.71. The Labute approximate surface area is 213 Å². The number of hydrogen-bond acceptors (Lipinski definition) is 7. The summed E-state index contributed by atoms with van der Waals surface area (Å²) in [6.07, 6.45) is -0.962. The average molecular weight is 500 g/mol. The standard InChI is InChI=1S/C28H37NO7/c1-7-33-23(30)18-34-20-14-12-19(13-15-20)16-17-29(26(32)36-27(2,3)4)24-21-10-8-9-11-22(21)35-28(5,6)25(24)31/h8-15,24-25,31H,7,16-18H2,1-6H3. The molecule has 0 aliphatic carbocycles. The Hall–Kier alpha value is -3.26. The van der Waals surface area contributed by atoms with Gasteiger partial charge in [0.25, 0.3) is 0 Å². The minimum Gasteiger partial charge on any atom is -0.485 e. The smallest absolute Gasteiger partial charge is 0.410 e. The zero-order valence-corrected chi connectivity index (χ0v) is 21.9. The van der Waals surface area contributed by atoms with Gasteiger partial charge in [0.15, 0.2) is 6.61 Å². The van der Waals surface area contributed by atoms with Gasteiger partial charge in [0.1, 0.15) is 28.8 Å². The Bertz CT molecular complexity index is 1040. The van der Waals surface area contributed by atoms with E-state index in [-0.39, 0.29) is 6.61 Å². The molecule has 0 radical (unpaired) electrons. The van der Waals surface area contributed by atoms with Gasteiger partial charge in [-0.3, -0.25) is 4.90 Å².